The summed E-state index contributed by atoms with van der Waals surface area (Å²) >= 11 is 0. The van der Waals surface area contributed by atoms with Gasteiger partial charge >= 0.3 is 0 Å². The summed E-state index contributed by atoms with van der Waals surface area (Å²) in [5.41, 5.74) is 6.75. The van der Waals surface area contributed by atoms with E-state index in [4.69, 9.17) is 5.73 Å². The molecular weight excluding hydrogens is 218 g/mol. The zero-order valence-electron chi connectivity index (χ0n) is 12.8. The largest absolute Gasteiger partial charge is 0.327 e. The molecule has 1 aliphatic carbocycles. The second-order valence-electron chi connectivity index (χ2n) is 6.87. The first-order valence-electron chi connectivity index (χ1n) is 7.97. The first-order chi connectivity index (χ1) is 8.55. The molecule has 2 atom stereocenters. The maximum absolute atomic E-state index is 6.28. The van der Waals surface area contributed by atoms with Crippen LogP contribution in [0.25, 0.3) is 0 Å². The number of unbranched alkanes of at least 4 members (excludes halogenated alkanes) is 5. The van der Waals surface area contributed by atoms with Crippen molar-refractivity contribution in [2.24, 2.45) is 17.1 Å². The summed E-state index contributed by atoms with van der Waals surface area (Å²) in [4.78, 5) is 0. The summed E-state index contributed by atoms with van der Waals surface area (Å²) < 4.78 is 0. The van der Waals surface area contributed by atoms with Gasteiger partial charge in [-0.05, 0) is 43.4 Å². The first-order valence-corrected chi connectivity index (χ1v) is 7.97. The van der Waals surface area contributed by atoms with Gasteiger partial charge < -0.3 is 5.73 Å². The smallest absolute Gasteiger partial charge is 0.0107 e. The standard InChI is InChI=1S/C17H33N/c1-4-5-6-7-8-9-10-11-15-12-13-17(2,3)14-16(15)18/h10-11,15-16H,4-9,12-14,18H2,1-3H3. The summed E-state index contributed by atoms with van der Waals surface area (Å²) in [6.07, 6.45) is 16.7. The Morgan fingerprint density at radius 1 is 1.17 bits per heavy atom. The van der Waals surface area contributed by atoms with Crippen molar-refractivity contribution in [1.29, 1.82) is 0 Å². The lowest BCUT2D eigenvalue weighted by molar-refractivity contribution is 0.187. The normalized spacial score (nSPS) is 27.8. The third kappa shape index (κ3) is 6.04. The Morgan fingerprint density at radius 2 is 1.89 bits per heavy atom. The molecule has 0 radical (unpaired) electrons. The van der Waals surface area contributed by atoms with Gasteiger partial charge in [0.05, 0.1) is 0 Å². The molecule has 0 amide bonds. The maximum Gasteiger partial charge on any atom is 0.0107 e. The van der Waals surface area contributed by atoms with E-state index in [0.717, 1.165) is 0 Å². The van der Waals surface area contributed by atoms with Crippen molar-refractivity contribution in [3.63, 3.8) is 0 Å². The van der Waals surface area contributed by atoms with Crippen LogP contribution < -0.4 is 5.73 Å². The SMILES string of the molecule is CCCCCCCC=CC1CCC(C)(C)CC1N. The van der Waals surface area contributed by atoms with Crippen LogP contribution in [-0.4, -0.2) is 6.04 Å². The number of rotatable bonds is 7. The quantitative estimate of drug-likeness (QED) is 0.497. The van der Waals surface area contributed by atoms with Gasteiger partial charge in [-0.25, -0.2) is 0 Å². The Kier molecular flexibility index (Phi) is 6.99. The molecule has 0 aromatic carbocycles. The van der Waals surface area contributed by atoms with E-state index in [0.29, 0.717) is 17.4 Å². The van der Waals surface area contributed by atoms with E-state index in [1.807, 2.05) is 0 Å². The third-order valence-electron chi connectivity index (χ3n) is 4.35. The van der Waals surface area contributed by atoms with Crippen LogP contribution in [-0.2, 0) is 0 Å². The molecule has 0 saturated heterocycles. The van der Waals surface area contributed by atoms with Crippen molar-refractivity contribution in [2.75, 3.05) is 0 Å². The van der Waals surface area contributed by atoms with Crippen LogP contribution in [0.5, 0.6) is 0 Å². The van der Waals surface area contributed by atoms with Crippen molar-refractivity contribution in [3.8, 4) is 0 Å². The van der Waals surface area contributed by atoms with Crippen LogP contribution in [0.1, 0.15) is 78.6 Å². The zero-order valence-corrected chi connectivity index (χ0v) is 12.8. The molecule has 0 aromatic heterocycles. The highest BCUT2D eigenvalue weighted by atomic mass is 14.7. The molecule has 1 saturated carbocycles. The summed E-state index contributed by atoms with van der Waals surface area (Å²) in [5.74, 6) is 0.633. The van der Waals surface area contributed by atoms with Crippen LogP contribution in [0, 0.1) is 11.3 Å². The van der Waals surface area contributed by atoms with Gasteiger partial charge in [0.25, 0.3) is 0 Å². The molecule has 0 aliphatic heterocycles. The molecule has 0 heterocycles. The fourth-order valence-corrected chi connectivity index (χ4v) is 3.04. The Labute approximate surface area is 114 Å². The lowest BCUT2D eigenvalue weighted by Crippen LogP contribution is -2.39. The first kappa shape index (κ1) is 15.8. The number of hydrogen-bond donors (Lipinski definition) is 1. The van der Waals surface area contributed by atoms with Crippen molar-refractivity contribution >= 4 is 0 Å². The Bertz CT molecular complexity index is 242. The van der Waals surface area contributed by atoms with E-state index in [-0.39, 0.29) is 0 Å². The highest BCUT2D eigenvalue weighted by molar-refractivity contribution is 4.98. The minimum atomic E-state index is 0.380. The van der Waals surface area contributed by atoms with E-state index < -0.39 is 0 Å². The van der Waals surface area contributed by atoms with E-state index >= 15 is 0 Å². The summed E-state index contributed by atoms with van der Waals surface area (Å²) in [5, 5.41) is 0. The van der Waals surface area contributed by atoms with E-state index in [1.54, 1.807) is 0 Å². The molecule has 1 aliphatic rings. The molecule has 0 spiro atoms. The minimum Gasteiger partial charge on any atom is -0.327 e. The summed E-state index contributed by atoms with van der Waals surface area (Å²) in [7, 11) is 0. The van der Waals surface area contributed by atoms with Crippen molar-refractivity contribution < 1.29 is 0 Å². The van der Waals surface area contributed by atoms with Crippen LogP contribution >= 0.6 is 0 Å². The van der Waals surface area contributed by atoms with E-state index in [2.05, 4.69) is 32.9 Å². The van der Waals surface area contributed by atoms with Crippen LogP contribution in [0.4, 0.5) is 0 Å². The van der Waals surface area contributed by atoms with Crippen LogP contribution in [0.3, 0.4) is 0 Å². The average molecular weight is 251 g/mol. The second kappa shape index (κ2) is 7.99. The van der Waals surface area contributed by atoms with Gasteiger partial charge in [0.2, 0.25) is 0 Å². The van der Waals surface area contributed by atoms with Gasteiger partial charge in [-0.1, -0.05) is 58.6 Å². The molecule has 2 N–H and O–H groups in total. The highest BCUT2D eigenvalue weighted by Gasteiger charge is 2.31. The number of hydrogen-bond acceptors (Lipinski definition) is 1. The molecular formula is C17H33N. The Balaban J connectivity index is 2.14. The van der Waals surface area contributed by atoms with E-state index in [9.17, 15) is 0 Å². The zero-order chi connectivity index (χ0) is 13.4. The molecule has 0 aromatic rings. The highest BCUT2D eigenvalue weighted by Crippen LogP contribution is 2.37. The van der Waals surface area contributed by atoms with E-state index in [1.165, 1.54) is 57.8 Å². The Morgan fingerprint density at radius 3 is 2.56 bits per heavy atom. The van der Waals surface area contributed by atoms with Gasteiger partial charge in [-0.2, -0.15) is 0 Å². The summed E-state index contributed by atoms with van der Waals surface area (Å²) in [6.45, 7) is 6.97. The van der Waals surface area contributed by atoms with Crippen molar-refractivity contribution in [2.45, 2.75) is 84.6 Å². The molecule has 1 nitrogen and oxygen atoms in total. The number of nitrogens with two attached hydrogens (primary N) is 1. The van der Waals surface area contributed by atoms with Gasteiger partial charge in [0.1, 0.15) is 0 Å². The fraction of sp³-hybridized carbons (Fsp3) is 0.882. The van der Waals surface area contributed by atoms with Crippen molar-refractivity contribution in [3.05, 3.63) is 12.2 Å². The molecule has 1 heteroatoms. The van der Waals surface area contributed by atoms with Gasteiger partial charge in [0, 0.05) is 6.04 Å². The number of allylic oxidation sites excluding steroid dienone is 1. The topological polar surface area (TPSA) is 26.0 Å². The van der Waals surface area contributed by atoms with Crippen LogP contribution in [0.2, 0.25) is 0 Å². The average Bonchev–Trinajstić information content (AvgIpc) is 2.29. The summed E-state index contributed by atoms with van der Waals surface area (Å²) in [6, 6.07) is 0.380. The molecule has 1 fully saturated rings. The molecule has 2 unspecified atom stereocenters. The van der Waals surface area contributed by atoms with Crippen molar-refractivity contribution in [1.82, 2.24) is 0 Å². The Hall–Kier alpha value is -0.300. The molecule has 18 heavy (non-hydrogen) atoms. The molecule has 0 bridgehead atoms. The fourth-order valence-electron chi connectivity index (χ4n) is 3.04. The lowest BCUT2D eigenvalue weighted by atomic mass is 9.70. The predicted octanol–water partition coefficient (Wildman–Crippen LogP) is 5.06. The van der Waals surface area contributed by atoms with Crippen LogP contribution in [0.15, 0.2) is 12.2 Å². The maximum atomic E-state index is 6.28. The third-order valence-corrected chi connectivity index (χ3v) is 4.35. The second-order valence-corrected chi connectivity index (χ2v) is 6.87. The minimum absolute atomic E-state index is 0.380. The van der Waals surface area contributed by atoms with Gasteiger partial charge in [-0.3, -0.25) is 0 Å². The molecule has 106 valence electrons. The lowest BCUT2D eigenvalue weighted by Gasteiger charge is -2.37. The monoisotopic (exact) mass is 251 g/mol. The van der Waals surface area contributed by atoms with Gasteiger partial charge in [-0.15, -0.1) is 0 Å². The molecule has 1 rings (SSSR count). The van der Waals surface area contributed by atoms with Gasteiger partial charge in [0.15, 0.2) is 0 Å². The predicted molar refractivity (Wildman–Crippen MR) is 81.6 cm³/mol.